The van der Waals surface area contributed by atoms with Gasteiger partial charge in [0.05, 0.1) is 10.7 Å². The Morgan fingerprint density at radius 2 is 2.25 bits per heavy atom. The van der Waals surface area contributed by atoms with E-state index in [2.05, 4.69) is 5.32 Å². The second-order valence-electron chi connectivity index (χ2n) is 3.09. The van der Waals surface area contributed by atoms with E-state index in [0.29, 0.717) is 6.54 Å². The largest absolute Gasteiger partial charge is 0.324 e. The van der Waals surface area contributed by atoms with Gasteiger partial charge in [-0.15, -0.1) is 0 Å². The lowest BCUT2D eigenvalue weighted by Gasteiger charge is -2.00. The summed E-state index contributed by atoms with van der Waals surface area (Å²) in [7, 11) is -3.45. The lowest BCUT2D eigenvalue weighted by atomic mass is 10.3. The molecular weight excluding hydrogens is 254 g/mol. The number of rotatable bonds is 6. The van der Waals surface area contributed by atoms with Gasteiger partial charge in [0.15, 0.2) is 0 Å². The quantitative estimate of drug-likeness (QED) is 0.428. The van der Waals surface area contributed by atoms with E-state index >= 15 is 0 Å². The lowest BCUT2D eigenvalue weighted by molar-refractivity contribution is -0.380. The summed E-state index contributed by atoms with van der Waals surface area (Å²) < 4.78 is 21.2. The SMILES string of the molecule is NS(=O)(=O)CCNCc1csc([N+](=O)[O-])c1. The summed E-state index contributed by atoms with van der Waals surface area (Å²) >= 11 is 1.04. The van der Waals surface area contributed by atoms with E-state index in [1.54, 1.807) is 5.38 Å². The van der Waals surface area contributed by atoms with Crippen LogP contribution in [0, 0.1) is 10.1 Å². The summed E-state index contributed by atoms with van der Waals surface area (Å²) in [6.07, 6.45) is 0. The highest BCUT2D eigenvalue weighted by atomic mass is 32.2. The van der Waals surface area contributed by atoms with E-state index in [9.17, 15) is 18.5 Å². The first kappa shape index (κ1) is 13.0. The first-order valence-corrected chi connectivity index (χ1v) is 6.91. The maximum absolute atomic E-state index is 10.6. The van der Waals surface area contributed by atoms with Crippen LogP contribution in [0.3, 0.4) is 0 Å². The average molecular weight is 265 g/mol. The minimum absolute atomic E-state index is 0.0725. The van der Waals surface area contributed by atoms with Crippen LogP contribution in [0.5, 0.6) is 0 Å². The van der Waals surface area contributed by atoms with Crippen molar-refractivity contribution < 1.29 is 13.3 Å². The highest BCUT2D eigenvalue weighted by Gasteiger charge is 2.09. The monoisotopic (exact) mass is 265 g/mol. The molecule has 1 aromatic rings. The Kier molecular flexibility index (Phi) is 4.35. The summed E-state index contributed by atoms with van der Waals surface area (Å²) in [5.74, 6) is -0.154. The van der Waals surface area contributed by atoms with Crippen LogP contribution in [0.25, 0.3) is 0 Å². The van der Waals surface area contributed by atoms with Crippen molar-refractivity contribution in [1.82, 2.24) is 5.32 Å². The second-order valence-corrected chi connectivity index (χ2v) is 5.72. The fraction of sp³-hybridized carbons (Fsp3) is 0.429. The molecule has 0 radical (unpaired) electrons. The number of nitrogens with one attached hydrogen (secondary N) is 1. The third kappa shape index (κ3) is 4.66. The average Bonchev–Trinajstić information content (AvgIpc) is 2.59. The molecule has 0 saturated heterocycles. The molecule has 0 aliphatic carbocycles. The maximum atomic E-state index is 10.6. The molecule has 90 valence electrons. The molecule has 0 aliphatic rings. The summed E-state index contributed by atoms with van der Waals surface area (Å²) in [5.41, 5.74) is 0.756. The zero-order chi connectivity index (χ0) is 12.2. The van der Waals surface area contributed by atoms with Gasteiger partial charge in [0, 0.05) is 24.5 Å². The number of nitrogens with zero attached hydrogens (tertiary/aromatic N) is 1. The minimum atomic E-state index is -3.45. The predicted molar refractivity (Wildman–Crippen MR) is 60.7 cm³/mol. The van der Waals surface area contributed by atoms with Crippen molar-refractivity contribution in [1.29, 1.82) is 0 Å². The third-order valence-electron chi connectivity index (χ3n) is 1.71. The number of primary sulfonamides is 1. The molecule has 16 heavy (non-hydrogen) atoms. The van der Waals surface area contributed by atoms with Crippen molar-refractivity contribution in [2.45, 2.75) is 6.54 Å². The van der Waals surface area contributed by atoms with Crippen LogP contribution in [0.15, 0.2) is 11.4 Å². The van der Waals surface area contributed by atoms with E-state index in [1.807, 2.05) is 0 Å². The predicted octanol–water partition coefficient (Wildman–Crippen LogP) is 0.0344. The summed E-state index contributed by atoms with van der Waals surface area (Å²) in [5, 5.41) is 19.7. The third-order valence-corrected chi connectivity index (χ3v) is 3.41. The number of hydrogen-bond donors (Lipinski definition) is 2. The van der Waals surface area contributed by atoms with Gasteiger partial charge in [0.2, 0.25) is 10.0 Å². The first-order valence-electron chi connectivity index (χ1n) is 4.31. The molecule has 0 aromatic carbocycles. The van der Waals surface area contributed by atoms with Gasteiger partial charge >= 0.3 is 5.00 Å². The Bertz CT molecular complexity index is 468. The molecule has 1 heterocycles. The van der Waals surface area contributed by atoms with Crippen molar-refractivity contribution in [3.63, 3.8) is 0 Å². The number of nitrogens with two attached hydrogens (primary N) is 1. The fourth-order valence-electron chi connectivity index (χ4n) is 0.998. The van der Waals surface area contributed by atoms with E-state index < -0.39 is 14.9 Å². The molecule has 1 aromatic heterocycles. The second kappa shape index (κ2) is 5.34. The molecule has 7 nitrogen and oxygen atoms in total. The molecule has 9 heteroatoms. The fourth-order valence-corrected chi connectivity index (χ4v) is 2.16. The zero-order valence-corrected chi connectivity index (χ0v) is 9.88. The van der Waals surface area contributed by atoms with Crippen LogP contribution in [0.2, 0.25) is 0 Å². The van der Waals surface area contributed by atoms with Crippen LogP contribution < -0.4 is 10.5 Å². The molecule has 1 rings (SSSR count). The van der Waals surface area contributed by atoms with Gasteiger partial charge in [0.25, 0.3) is 0 Å². The molecule has 0 atom stereocenters. The van der Waals surface area contributed by atoms with Crippen molar-refractivity contribution in [2.75, 3.05) is 12.3 Å². The van der Waals surface area contributed by atoms with Crippen LogP contribution in [-0.4, -0.2) is 25.6 Å². The lowest BCUT2D eigenvalue weighted by Crippen LogP contribution is -2.26. The van der Waals surface area contributed by atoms with E-state index in [1.165, 1.54) is 6.07 Å². The maximum Gasteiger partial charge on any atom is 0.324 e. The van der Waals surface area contributed by atoms with E-state index in [4.69, 9.17) is 5.14 Å². The number of thiophene rings is 1. The Morgan fingerprint density at radius 1 is 1.56 bits per heavy atom. The summed E-state index contributed by atoms with van der Waals surface area (Å²) in [6, 6.07) is 1.45. The topological polar surface area (TPSA) is 115 Å². The Morgan fingerprint density at radius 3 is 2.75 bits per heavy atom. The van der Waals surface area contributed by atoms with E-state index in [0.717, 1.165) is 16.9 Å². The van der Waals surface area contributed by atoms with Gasteiger partial charge in [-0.2, -0.15) is 0 Å². The highest BCUT2D eigenvalue weighted by Crippen LogP contribution is 2.22. The van der Waals surface area contributed by atoms with Crippen LogP contribution in [0.4, 0.5) is 5.00 Å². The van der Waals surface area contributed by atoms with Crippen molar-refractivity contribution in [3.05, 3.63) is 27.1 Å². The van der Waals surface area contributed by atoms with Gasteiger partial charge in [-0.3, -0.25) is 10.1 Å². The molecule has 0 unspecified atom stereocenters. The van der Waals surface area contributed by atoms with Crippen LogP contribution in [0.1, 0.15) is 5.56 Å². The highest BCUT2D eigenvalue weighted by molar-refractivity contribution is 7.89. The van der Waals surface area contributed by atoms with Crippen LogP contribution >= 0.6 is 11.3 Å². The standard InChI is InChI=1S/C7H11N3O4S2/c8-16(13,14)2-1-9-4-6-3-7(10(11)12)15-5-6/h3,5,9H,1-2,4H2,(H2,8,13,14). The zero-order valence-electron chi connectivity index (χ0n) is 8.25. The Balaban J connectivity index is 2.35. The molecule has 0 spiro atoms. The molecule has 0 amide bonds. The van der Waals surface area contributed by atoms with Gasteiger partial charge in [0.1, 0.15) is 0 Å². The van der Waals surface area contributed by atoms with Gasteiger partial charge in [-0.25, -0.2) is 13.6 Å². The first-order chi connectivity index (χ1) is 7.38. The molecule has 0 saturated carbocycles. The van der Waals surface area contributed by atoms with Gasteiger partial charge < -0.3 is 5.32 Å². The van der Waals surface area contributed by atoms with Gasteiger partial charge in [-0.1, -0.05) is 11.3 Å². The number of hydrogen-bond acceptors (Lipinski definition) is 6. The molecule has 0 fully saturated rings. The smallest absolute Gasteiger partial charge is 0.312 e. The normalized spacial score (nSPS) is 11.6. The minimum Gasteiger partial charge on any atom is -0.312 e. The van der Waals surface area contributed by atoms with Crippen LogP contribution in [-0.2, 0) is 16.6 Å². The molecule has 0 bridgehead atoms. The Hall–Kier alpha value is -1.03. The van der Waals surface area contributed by atoms with Crippen molar-refractivity contribution in [3.8, 4) is 0 Å². The number of sulfonamides is 1. The number of nitro groups is 1. The van der Waals surface area contributed by atoms with E-state index in [-0.39, 0.29) is 17.3 Å². The van der Waals surface area contributed by atoms with Gasteiger partial charge in [-0.05, 0) is 5.56 Å². The summed E-state index contributed by atoms with van der Waals surface area (Å²) in [4.78, 5) is 9.92. The summed E-state index contributed by atoms with van der Waals surface area (Å²) in [6.45, 7) is 0.613. The Labute approximate surface area is 96.5 Å². The molecule has 3 N–H and O–H groups in total. The molecule has 0 aliphatic heterocycles. The van der Waals surface area contributed by atoms with Crippen molar-refractivity contribution >= 4 is 26.4 Å². The van der Waals surface area contributed by atoms with Crippen molar-refractivity contribution in [2.24, 2.45) is 5.14 Å². The molecular formula is C7H11N3O4S2.